The number of rotatable bonds is 7. The lowest BCUT2D eigenvalue weighted by Gasteiger charge is -2.30. The fraction of sp³-hybridized carbons (Fsp3) is 0.125. The third kappa shape index (κ3) is 5.25. The van der Waals surface area contributed by atoms with Crippen LogP contribution < -0.4 is 19.8 Å². The second-order valence-corrected chi connectivity index (χ2v) is 12.7. The average Bonchev–Trinajstić information content (AvgIpc) is 3.53. The van der Waals surface area contributed by atoms with Gasteiger partial charge in [-0.15, -0.1) is 0 Å². The van der Waals surface area contributed by atoms with E-state index >= 15 is 0 Å². The molecule has 0 spiro atoms. The highest BCUT2D eigenvalue weighted by molar-refractivity contribution is 8.00. The average molecular weight is 639 g/mol. The SMILES string of the molecule is O=C(COc1cccc(C2c3sc(=O)[nH]c3SC3C(=O)N(c4ccc([N+](=O)[O-])cc4)C(=O)C32)c1)Nc1ccc2ccccc2c1. The van der Waals surface area contributed by atoms with Crippen LogP contribution in [0, 0.1) is 16.0 Å². The first-order chi connectivity index (χ1) is 21.8. The first-order valence-electron chi connectivity index (χ1n) is 13.8. The van der Waals surface area contributed by atoms with Gasteiger partial charge in [-0.1, -0.05) is 65.6 Å². The van der Waals surface area contributed by atoms with Crippen LogP contribution in [0.3, 0.4) is 0 Å². The summed E-state index contributed by atoms with van der Waals surface area (Å²) in [6, 6.07) is 25.6. The highest BCUT2D eigenvalue weighted by Crippen LogP contribution is 2.53. The van der Waals surface area contributed by atoms with E-state index in [1.807, 2.05) is 42.5 Å². The first-order valence-corrected chi connectivity index (χ1v) is 15.5. The van der Waals surface area contributed by atoms with Crippen molar-refractivity contribution in [2.24, 2.45) is 5.92 Å². The van der Waals surface area contributed by atoms with E-state index in [1.54, 1.807) is 24.3 Å². The topological polar surface area (TPSA) is 152 Å². The van der Waals surface area contributed by atoms with E-state index in [9.17, 15) is 29.3 Å². The van der Waals surface area contributed by atoms with Crippen molar-refractivity contribution in [1.82, 2.24) is 4.98 Å². The fourth-order valence-electron chi connectivity index (χ4n) is 5.76. The van der Waals surface area contributed by atoms with Gasteiger partial charge in [-0.25, -0.2) is 4.90 Å². The van der Waals surface area contributed by atoms with Crippen LogP contribution in [0.1, 0.15) is 16.4 Å². The lowest BCUT2D eigenvalue weighted by Crippen LogP contribution is -2.32. The number of benzene rings is 4. The van der Waals surface area contributed by atoms with E-state index in [-0.39, 0.29) is 28.8 Å². The van der Waals surface area contributed by atoms with Crippen molar-refractivity contribution in [3.8, 4) is 5.75 Å². The largest absolute Gasteiger partial charge is 0.484 e. The lowest BCUT2D eigenvalue weighted by atomic mass is 9.83. The van der Waals surface area contributed by atoms with Crippen molar-refractivity contribution in [2.45, 2.75) is 16.2 Å². The van der Waals surface area contributed by atoms with Crippen LogP contribution in [0.15, 0.2) is 101 Å². The molecule has 0 radical (unpaired) electrons. The minimum Gasteiger partial charge on any atom is -0.484 e. The molecule has 224 valence electrons. The summed E-state index contributed by atoms with van der Waals surface area (Å²) in [6.45, 7) is -0.267. The number of non-ortho nitro benzene ring substituents is 1. The maximum absolute atomic E-state index is 13.9. The number of nitrogens with one attached hydrogen (secondary N) is 2. The summed E-state index contributed by atoms with van der Waals surface area (Å²) in [4.78, 5) is 67.4. The van der Waals surface area contributed by atoms with Crippen LogP contribution in [0.2, 0.25) is 0 Å². The molecule has 0 aliphatic carbocycles. The van der Waals surface area contributed by atoms with Gasteiger partial charge in [-0.2, -0.15) is 0 Å². The van der Waals surface area contributed by atoms with Gasteiger partial charge in [0.1, 0.15) is 11.0 Å². The number of aromatic amines is 1. The van der Waals surface area contributed by atoms with Crippen LogP contribution in [0.5, 0.6) is 5.75 Å². The zero-order valence-electron chi connectivity index (χ0n) is 23.2. The van der Waals surface area contributed by atoms with Gasteiger partial charge in [-0.05, 0) is 52.7 Å². The molecule has 2 aliphatic rings. The molecule has 3 unspecified atom stereocenters. The number of thioether (sulfide) groups is 1. The number of carbonyl (C=O) groups is 3. The van der Waals surface area contributed by atoms with Crippen molar-refractivity contribution in [2.75, 3.05) is 16.8 Å². The summed E-state index contributed by atoms with van der Waals surface area (Å²) < 4.78 is 5.83. The summed E-state index contributed by atoms with van der Waals surface area (Å²) in [5.41, 5.74) is 1.35. The van der Waals surface area contributed by atoms with Gasteiger partial charge in [0.2, 0.25) is 11.8 Å². The number of nitro groups is 1. The maximum atomic E-state index is 13.9. The Morgan fingerprint density at radius 2 is 1.71 bits per heavy atom. The molecular formula is C32H22N4O7S2. The first kappa shape index (κ1) is 28.5. The molecule has 2 N–H and O–H groups in total. The lowest BCUT2D eigenvalue weighted by molar-refractivity contribution is -0.384. The molecule has 4 aromatic carbocycles. The number of ether oxygens (including phenoxy) is 1. The smallest absolute Gasteiger partial charge is 0.305 e. The number of carbonyl (C=O) groups excluding carboxylic acids is 3. The Balaban J connectivity index is 1.14. The molecule has 1 fully saturated rings. The molecule has 1 saturated heterocycles. The molecule has 3 heterocycles. The number of H-pyrrole nitrogens is 1. The summed E-state index contributed by atoms with van der Waals surface area (Å²) in [6.07, 6.45) is 0. The molecule has 0 saturated carbocycles. The molecule has 3 atom stereocenters. The van der Waals surface area contributed by atoms with E-state index in [1.165, 1.54) is 24.3 Å². The predicted molar refractivity (Wildman–Crippen MR) is 170 cm³/mol. The molecule has 3 amide bonds. The minimum absolute atomic E-state index is 0.162. The number of hydrogen-bond acceptors (Lipinski definition) is 9. The third-order valence-corrected chi connectivity index (χ3v) is 10.2. The number of thiazole rings is 1. The van der Waals surface area contributed by atoms with Crippen LogP contribution in [0.25, 0.3) is 10.8 Å². The predicted octanol–water partition coefficient (Wildman–Crippen LogP) is 5.31. The van der Waals surface area contributed by atoms with Gasteiger partial charge in [0.25, 0.3) is 11.6 Å². The Hall–Kier alpha value is -5.27. The van der Waals surface area contributed by atoms with E-state index in [2.05, 4.69) is 10.3 Å². The number of nitrogens with zero attached hydrogens (tertiary/aromatic N) is 2. The normalized spacial score (nSPS) is 18.8. The molecule has 2 aliphatic heterocycles. The fourth-order valence-corrected chi connectivity index (χ4v) is 8.28. The van der Waals surface area contributed by atoms with Crippen molar-refractivity contribution in [3.05, 3.63) is 121 Å². The Morgan fingerprint density at radius 3 is 2.49 bits per heavy atom. The zero-order chi connectivity index (χ0) is 31.2. The number of amides is 3. The number of anilines is 2. The Morgan fingerprint density at radius 1 is 0.933 bits per heavy atom. The molecule has 11 nitrogen and oxygen atoms in total. The molecule has 5 aromatic rings. The van der Waals surface area contributed by atoms with E-state index in [4.69, 9.17) is 4.74 Å². The number of nitro benzene ring substituents is 1. The second kappa shape index (κ2) is 11.3. The van der Waals surface area contributed by atoms with Gasteiger partial charge >= 0.3 is 4.87 Å². The summed E-state index contributed by atoms with van der Waals surface area (Å²) in [7, 11) is 0. The van der Waals surface area contributed by atoms with Crippen LogP contribution in [0.4, 0.5) is 17.1 Å². The monoisotopic (exact) mass is 638 g/mol. The maximum Gasteiger partial charge on any atom is 0.305 e. The van der Waals surface area contributed by atoms with Gasteiger partial charge in [0.05, 0.1) is 21.6 Å². The second-order valence-electron chi connectivity index (χ2n) is 10.5. The van der Waals surface area contributed by atoms with Gasteiger partial charge in [0.15, 0.2) is 6.61 Å². The van der Waals surface area contributed by atoms with Gasteiger partial charge in [-0.3, -0.25) is 29.3 Å². The molecular weight excluding hydrogens is 617 g/mol. The van der Waals surface area contributed by atoms with E-state index in [0.717, 1.165) is 38.8 Å². The Labute approximate surface area is 263 Å². The van der Waals surface area contributed by atoms with Crippen LogP contribution in [-0.2, 0) is 14.4 Å². The third-order valence-electron chi connectivity index (χ3n) is 7.76. The van der Waals surface area contributed by atoms with E-state index in [0.29, 0.717) is 26.9 Å². The quantitative estimate of drug-likeness (QED) is 0.138. The number of aromatic nitrogens is 1. The number of imide groups is 1. The minimum atomic E-state index is -0.844. The highest BCUT2D eigenvalue weighted by Gasteiger charge is 2.56. The van der Waals surface area contributed by atoms with Crippen molar-refractivity contribution in [1.29, 1.82) is 0 Å². The highest BCUT2D eigenvalue weighted by atomic mass is 32.2. The Bertz CT molecular complexity index is 2070. The molecule has 7 rings (SSSR count). The standard InChI is InChI=1S/C32H22N4O7S2/c37-24(33-20-9-8-17-4-1-2-5-18(17)14-20)16-43-23-7-3-6-19(15-23)25-26-28(44-29-27(25)45-32(40)34-29)31(39)35(30(26)38)21-10-12-22(13-11-21)36(41)42/h1-15,25-26,28H,16H2,(H,33,37)(H,34,40). The zero-order valence-corrected chi connectivity index (χ0v) is 24.8. The van der Waals surface area contributed by atoms with Gasteiger partial charge < -0.3 is 15.0 Å². The van der Waals surface area contributed by atoms with Crippen molar-refractivity contribution in [3.63, 3.8) is 0 Å². The summed E-state index contributed by atoms with van der Waals surface area (Å²) in [5, 5.41) is 15.7. The van der Waals surface area contributed by atoms with Crippen molar-refractivity contribution < 1.29 is 24.0 Å². The van der Waals surface area contributed by atoms with E-state index < -0.39 is 33.8 Å². The summed E-state index contributed by atoms with van der Waals surface area (Å²) >= 11 is 2.12. The number of hydrogen-bond donors (Lipinski definition) is 2. The molecule has 0 bridgehead atoms. The summed E-state index contributed by atoms with van der Waals surface area (Å²) in [5.74, 6) is -2.41. The number of fused-ring (bicyclic) bond motifs is 3. The van der Waals surface area contributed by atoms with Crippen molar-refractivity contribution >= 4 is 68.7 Å². The molecule has 45 heavy (non-hydrogen) atoms. The molecule has 1 aromatic heterocycles. The van der Waals surface area contributed by atoms with Gasteiger partial charge in [0, 0.05) is 28.6 Å². The van der Waals surface area contributed by atoms with Crippen LogP contribution >= 0.6 is 23.1 Å². The Kier molecular flexibility index (Phi) is 7.18. The molecule has 13 heteroatoms. The van der Waals surface area contributed by atoms with Crippen LogP contribution in [-0.4, -0.2) is 39.5 Å².